The van der Waals surface area contributed by atoms with Crippen LogP contribution in [0.25, 0.3) is 0 Å². The highest BCUT2D eigenvalue weighted by Crippen LogP contribution is 2.33. The number of nitrogens with zero attached hydrogens (tertiary/aromatic N) is 2. The molecule has 1 N–H and O–H groups in total. The van der Waals surface area contributed by atoms with Crippen LogP contribution in [-0.4, -0.2) is 32.1 Å². The molecular weight excluding hydrogens is 484 g/mol. The van der Waals surface area contributed by atoms with Crippen LogP contribution in [0.2, 0.25) is 5.02 Å². The van der Waals surface area contributed by atoms with Gasteiger partial charge in [-0.3, -0.25) is 4.79 Å². The summed E-state index contributed by atoms with van der Waals surface area (Å²) in [5.74, 6) is -11.0. The zero-order valence-electron chi connectivity index (χ0n) is 17.3. The van der Waals surface area contributed by atoms with Crippen LogP contribution < -0.4 is 15.1 Å². The smallest absolute Gasteiger partial charge is 0.255 e. The van der Waals surface area contributed by atoms with Gasteiger partial charge in [0, 0.05) is 37.4 Å². The average molecular weight is 500 g/mol. The largest absolute Gasteiger partial charge is 0.367 e. The first-order valence-electron chi connectivity index (χ1n) is 10.0. The molecule has 3 aromatic carbocycles. The molecule has 34 heavy (non-hydrogen) atoms. The van der Waals surface area contributed by atoms with Crippen molar-refractivity contribution < 1.29 is 31.1 Å². The molecule has 1 amide bonds. The highest BCUT2D eigenvalue weighted by atomic mass is 35.5. The third-order valence-corrected chi connectivity index (χ3v) is 5.72. The topological polar surface area (TPSA) is 35.6 Å². The summed E-state index contributed by atoms with van der Waals surface area (Å²) in [7, 11) is 0. The van der Waals surface area contributed by atoms with Crippen LogP contribution in [0.3, 0.4) is 0 Å². The summed E-state index contributed by atoms with van der Waals surface area (Å²) in [4.78, 5) is 15.2. The number of halogens is 7. The molecule has 3 aromatic rings. The van der Waals surface area contributed by atoms with E-state index in [1.807, 2.05) is 0 Å². The Morgan fingerprint density at radius 1 is 0.765 bits per heavy atom. The van der Waals surface area contributed by atoms with Crippen molar-refractivity contribution in [3.63, 3.8) is 0 Å². The lowest BCUT2D eigenvalue weighted by Crippen LogP contribution is -2.47. The molecule has 1 aliphatic heterocycles. The normalized spacial score (nSPS) is 13.9. The van der Waals surface area contributed by atoms with Gasteiger partial charge in [0.15, 0.2) is 23.3 Å². The number of amides is 1. The molecule has 0 bridgehead atoms. The zero-order chi connectivity index (χ0) is 24.6. The molecule has 0 radical (unpaired) electrons. The first kappa shape index (κ1) is 23.7. The standard InChI is InChI=1S/C23H16ClF6N3O/c24-15-11-14(31-23(34)12-2-1-3-13(25)10-12)4-5-16(15)32-6-8-33(9-7-32)22-20(29)18(27)17(26)19(28)21(22)30/h1-5,10-11H,6-9H2,(H,31,34). The van der Waals surface area contributed by atoms with Crippen molar-refractivity contribution in [1.82, 2.24) is 0 Å². The maximum absolute atomic E-state index is 14.1. The molecule has 1 aliphatic rings. The minimum absolute atomic E-state index is 0.0211. The Morgan fingerprint density at radius 2 is 1.35 bits per heavy atom. The fourth-order valence-electron chi connectivity index (χ4n) is 3.72. The number of piperazine rings is 1. The second-order valence-electron chi connectivity index (χ2n) is 7.52. The molecule has 178 valence electrons. The first-order valence-corrected chi connectivity index (χ1v) is 10.4. The summed E-state index contributed by atoms with van der Waals surface area (Å²) >= 11 is 6.35. The van der Waals surface area contributed by atoms with Gasteiger partial charge in [0.05, 0.1) is 10.7 Å². The summed E-state index contributed by atoms with van der Waals surface area (Å²) < 4.78 is 81.9. The van der Waals surface area contributed by atoms with E-state index in [-0.39, 0.29) is 36.8 Å². The van der Waals surface area contributed by atoms with Crippen molar-refractivity contribution in [2.24, 2.45) is 0 Å². The predicted octanol–water partition coefficient (Wildman–Crippen LogP) is 5.75. The van der Waals surface area contributed by atoms with Crippen LogP contribution in [0.15, 0.2) is 42.5 Å². The van der Waals surface area contributed by atoms with Crippen LogP contribution in [-0.2, 0) is 0 Å². The van der Waals surface area contributed by atoms with Crippen LogP contribution in [0.1, 0.15) is 10.4 Å². The second-order valence-corrected chi connectivity index (χ2v) is 7.93. The molecule has 1 heterocycles. The summed E-state index contributed by atoms with van der Waals surface area (Å²) in [6.45, 7) is 0.335. The second kappa shape index (κ2) is 9.46. The van der Waals surface area contributed by atoms with Gasteiger partial charge >= 0.3 is 0 Å². The van der Waals surface area contributed by atoms with E-state index in [4.69, 9.17) is 11.6 Å². The van der Waals surface area contributed by atoms with Crippen LogP contribution in [0.4, 0.5) is 43.4 Å². The zero-order valence-corrected chi connectivity index (χ0v) is 18.1. The molecule has 11 heteroatoms. The molecule has 4 rings (SSSR count). The van der Waals surface area contributed by atoms with E-state index in [0.29, 0.717) is 11.4 Å². The molecule has 0 aliphatic carbocycles. The average Bonchev–Trinajstić information content (AvgIpc) is 2.82. The third kappa shape index (κ3) is 4.50. The first-order chi connectivity index (χ1) is 16.2. The Kier molecular flexibility index (Phi) is 6.60. The van der Waals surface area contributed by atoms with Crippen LogP contribution in [0.5, 0.6) is 0 Å². The Bertz CT molecular complexity index is 1230. The van der Waals surface area contributed by atoms with Crippen LogP contribution >= 0.6 is 11.6 Å². The van der Waals surface area contributed by atoms with Gasteiger partial charge in [-0.05, 0) is 36.4 Å². The fourth-order valence-corrected chi connectivity index (χ4v) is 4.02. The van der Waals surface area contributed by atoms with Gasteiger partial charge in [0.2, 0.25) is 5.82 Å². The van der Waals surface area contributed by atoms with E-state index in [0.717, 1.165) is 11.0 Å². The van der Waals surface area contributed by atoms with Gasteiger partial charge in [0.1, 0.15) is 11.5 Å². The minimum atomic E-state index is -2.20. The van der Waals surface area contributed by atoms with Crippen molar-refractivity contribution in [2.45, 2.75) is 0 Å². The number of carbonyl (C=O) groups is 1. The molecule has 1 fully saturated rings. The summed E-state index contributed by atoms with van der Waals surface area (Å²) in [6.07, 6.45) is 0. The van der Waals surface area contributed by atoms with Gasteiger partial charge in [-0.25, -0.2) is 26.3 Å². The Hall–Kier alpha value is -3.40. The molecule has 0 aromatic heterocycles. The predicted molar refractivity (Wildman–Crippen MR) is 116 cm³/mol. The molecule has 0 unspecified atom stereocenters. The maximum Gasteiger partial charge on any atom is 0.255 e. The minimum Gasteiger partial charge on any atom is -0.367 e. The lowest BCUT2D eigenvalue weighted by Gasteiger charge is -2.38. The molecule has 1 saturated heterocycles. The molecule has 4 nitrogen and oxygen atoms in total. The maximum atomic E-state index is 14.1. The van der Waals surface area contributed by atoms with E-state index in [1.165, 1.54) is 24.3 Å². The van der Waals surface area contributed by atoms with Gasteiger partial charge < -0.3 is 15.1 Å². The van der Waals surface area contributed by atoms with Crippen molar-refractivity contribution in [3.05, 3.63) is 88.0 Å². The van der Waals surface area contributed by atoms with Gasteiger partial charge in [-0.1, -0.05) is 17.7 Å². The number of hydrogen-bond acceptors (Lipinski definition) is 3. The van der Waals surface area contributed by atoms with Crippen molar-refractivity contribution >= 4 is 34.6 Å². The highest BCUT2D eigenvalue weighted by molar-refractivity contribution is 6.33. The number of nitrogens with one attached hydrogen (secondary N) is 1. The lowest BCUT2D eigenvalue weighted by atomic mass is 10.1. The lowest BCUT2D eigenvalue weighted by molar-refractivity contribution is 0.102. The highest BCUT2D eigenvalue weighted by Gasteiger charge is 2.31. The molecule has 0 saturated carbocycles. The van der Waals surface area contributed by atoms with Crippen molar-refractivity contribution in [2.75, 3.05) is 41.3 Å². The van der Waals surface area contributed by atoms with Gasteiger partial charge in [-0.15, -0.1) is 0 Å². The van der Waals surface area contributed by atoms with Gasteiger partial charge in [0.25, 0.3) is 5.91 Å². The van der Waals surface area contributed by atoms with Gasteiger partial charge in [-0.2, -0.15) is 0 Å². The summed E-state index contributed by atoms with van der Waals surface area (Å²) in [6, 6.07) is 9.87. The number of anilines is 3. The summed E-state index contributed by atoms with van der Waals surface area (Å²) in [5.41, 5.74) is 0.0903. The van der Waals surface area contributed by atoms with E-state index in [2.05, 4.69) is 5.32 Å². The number of benzene rings is 3. The van der Waals surface area contributed by atoms with Crippen molar-refractivity contribution in [1.29, 1.82) is 0 Å². The van der Waals surface area contributed by atoms with E-state index in [9.17, 15) is 31.1 Å². The van der Waals surface area contributed by atoms with E-state index >= 15 is 0 Å². The number of rotatable bonds is 4. The Balaban J connectivity index is 1.46. The Morgan fingerprint density at radius 3 is 1.94 bits per heavy atom. The van der Waals surface area contributed by atoms with Crippen molar-refractivity contribution in [3.8, 4) is 0 Å². The number of carbonyl (C=O) groups excluding carboxylic acids is 1. The van der Waals surface area contributed by atoms with Crippen LogP contribution in [0, 0.1) is 34.9 Å². The third-order valence-electron chi connectivity index (χ3n) is 5.42. The fraction of sp³-hybridized carbons (Fsp3) is 0.174. The summed E-state index contributed by atoms with van der Waals surface area (Å²) in [5, 5.41) is 2.88. The SMILES string of the molecule is O=C(Nc1ccc(N2CCN(c3c(F)c(F)c(F)c(F)c3F)CC2)c(Cl)c1)c1cccc(F)c1. The molecule has 0 atom stereocenters. The monoisotopic (exact) mass is 499 g/mol. The quantitative estimate of drug-likeness (QED) is 0.282. The molecular formula is C23H16ClF6N3O. The Labute approximate surface area is 195 Å². The number of hydrogen-bond donors (Lipinski definition) is 1. The van der Waals surface area contributed by atoms with E-state index in [1.54, 1.807) is 17.0 Å². The van der Waals surface area contributed by atoms with E-state index < -0.39 is 46.5 Å². The molecule has 0 spiro atoms.